The summed E-state index contributed by atoms with van der Waals surface area (Å²) in [6, 6.07) is 7.28. The SMILES string of the molecule is O=C(NCCNC(=O)c1cccnc1N1CCOCC1)c1ccc(C(F)(F)F)cc1. The van der Waals surface area contributed by atoms with E-state index in [0.29, 0.717) is 37.7 Å². The fraction of sp³-hybridized carbons (Fsp3) is 0.350. The van der Waals surface area contributed by atoms with Crippen molar-refractivity contribution in [2.75, 3.05) is 44.3 Å². The molecule has 7 nitrogen and oxygen atoms in total. The minimum atomic E-state index is -4.45. The number of carbonyl (C=O) groups is 2. The van der Waals surface area contributed by atoms with Crippen LogP contribution in [-0.4, -0.2) is 56.2 Å². The zero-order valence-electron chi connectivity index (χ0n) is 16.0. The van der Waals surface area contributed by atoms with Crippen molar-refractivity contribution >= 4 is 17.6 Å². The first-order valence-corrected chi connectivity index (χ1v) is 9.37. The van der Waals surface area contributed by atoms with E-state index in [-0.39, 0.29) is 24.6 Å². The van der Waals surface area contributed by atoms with Crippen LogP contribution >= 0.6 is 0 Å². The van der Waals surface area contributed by atoms with Crippen LogP contribution in [0.3, 0.4) is 0 Å². The third kappa shape index (κ3) is 5.47. The summed E-state index contributed by atoms with van der Waals surface area (Å²) in [6.45, 7) is 2.68. The summed E-state index contributed by atoms with van der Waals surface area (Å²) < 4.78 is 43.0. The van der Waals surface area contributed by atoms with Gasteiger partial charge in [-0.2, -0.15) is 13.2 Å². The van der Waals surface area contributed by atoms with Gasteiger partial charge in [0.1, 0.15) is 5.82 Å². The van der Waals surface area contributed by atoms with E-state index in [1.54, 1.807) is 18.3 Å². The lowest BCUT2D eigenvalue weighted by Crippen LogP contribution is -2.39. The zero-order chi connectivity index (χ0) is 21.6. The molecule has 1 aliphatic heterocycles. The van der Waals surface area contributed by atoms with Crippen LogP contribution in [-0.2, 0) is 10.9 Å². The summed E-state index contributed by atoms with van der Waals surface area (Å²) in [7, 11) is 0. The standard InChI is InChI=1S/C20H21F3N4O3/c21-20(22,23)15-5-3-14(4-6-15)18(28)25-8-9-26-19(29)16-2-1-7-24-17(16)27-10-12-30-13-11-27/h1-7H,8-13H2,(H,25,28)(H,26,29). The number of amides is 2. The Morgan fingerprint density at radius 2 is 1.63 bits per heavy atom. The Balaban J connectivity index is 1.50. The Morgan fingerprint density at radius 1 is 1.00 bits per heavy atom. The summed E-state index contributed by atoms with van der Waals surface area (Å²) in [5.74, 6) is -0.270. The van der Waals surface area contributed by atoms with E-state index in [2.05, 4.69) is 15.6 Å². The highest BCUT2D eigenvalue weighted by Crippen LogP contribution is 2.29. The maximum absolute atomic E-state index is 12.6. The number of halogens is 3. The Kier molecular flexibility index (Phi) is 6.88. The monoisotopic (exact) mass is 422 g/mol. The highest BCUT2D eigenvalue weighted by atomic mass is 19.4. The summed E-state index contributed by atoms with van der Waals surface area (Å²) >= 11 is 0. The Bertz CT molecular complexity index is 882. The lowest BCUT2D eigenvalue weighted by molar-refractivity contribution is -0.137. The molecule has 1 saturated heterocycles. The van der Waals surface area contributed by atoms with E-state index < -0.39 is 17.6 Å². The van der Waals surface area contributed by atoms with Gasteiger partial charge >= 0.3 is 6.18 Å². The number of morpholine rings is 1. The molecule has 0 atom stereocenters. The van der Waals surface area contributed by atoms with E-state index in [9.17, 15) is 22.8 Å². The van der Waals surface area contributed by atoms with Crippen molar-refractivity contribution in [3.63, 3.8) is 0 Å². The minimum absolute atomic E-state index is 0.108. The van der Waals surface area contributed by atoms with Gasteiger partial charge in [-0.1, -0.05) is 0 Å². The van der Waals surface area contributed by atoms with Crippen molar-refractivity contribution in [1.82, 2.24) is 15.6 Å². The molecule has 0 aliphatic carbocycles. The number of benzene rings is 1. The third-order valence-corrected chi connectivity index (χ3v) is 4.51. The predicted molar refractivity (Wildman–Crippen MR) is 103 cm³/mol. The number of pyridine rings is 1. The molecule has 1 fully saturated rings. The normalized spacial score (nSPS) is 14.3. The molecule has 1 aliphatic rings. The molecule has 0 spiro atoms. The van der Waals surface area contributed by atoms with Crippen molar-refractivity contribution in [3.05, 3.63) is 59.3 Å². The first-order valence-electron chi connectivity index (χ1n) is 9.37. The van der Waals surface area contributed by atoms with Crippen LogP contribution in [0.25, 0.3) is 0 Å². The van der Waals surface area contributed by atoms with E-state index in [1.165, 1.54) is 0 Å². The van der Waals surface area contributed by atoms with Crippen molar-refractivity contribution < 1.29 is 27.5 Å². The molecule has 2 amide bonds. The zero-order valence-corrected chi connectivity index (χ0v) is 16.0. The summed E-state index contributed by atoms with van der Waals surface area (Å²) in [5.41, 5.74) is -0.288. The number of nitrogens with one attached hydrogen (secondary N) is 2. The average molecular weight is 422 g/mol. The van der Waals surface area contributed by atoms with Crippen molar-refractivity contribution in [3.8, 4) is 0 Å². The Labute approximate surface area is 171 Å². The molecule has 0 unspecified atom stereocenters. The molecular formula is C20H21F3N4O3. The smallest absolute Gasteiger partial charge is 0.378 e. The van der Waals surface area contributed by atoms with Crippen LogP contribution in [0.1, 0.15) is 26.3 Å². The van der Waals surface area contributed by atoms with Gasteiger partial charge in [-0.25, -0.2) is 4.98 Å². The van der Waals surface area contributed by atoms with Crippen molar-refractivity contribution in [1.29, 1.82) is 0 Å². The Hall–Kier alpha value is -3.14. The second kappa shape index (κ2) is 9.57. The first-order chi connectivity index (χ1) is 14.4. The van der Waals surface area contributed by atoms with Crippen LogP contribution in [0.5, 0.6) is 0 Å². The average Bonchev–Trinajstić information content (AvgIpc) is 2.76. The summed E-state index contributed by atoms with van der Waals surface area (Å²) in [4.78, 5) is 30.9. The number of aromatic nitrogens is 1. The van der Waals surface area contributed by atoms with Gasteiger partial charge < -0.3 is 20.3 Å². The summed E-state index contributed by atoms with van der Waals surface area (Å²) in [5, 5.41) is 5.28. The van der Waals surface area contributed by atoms with E-state index in [4.69, 9.17) is 4.74 Å². The molecule has 2 aromatic rings. The molecule has 0 bridgehead atoms. The van der Waals surface area contributed by atoms with Gasteiger partial charge in [0, 0.05) is 37.9 Å². The number of carbonyl (C=O) groups excluding carboxylic acids is 2. The van der Waals surface area contributed by atoms with Gasteiger partial charge in [-0.05, 0) is 36.4 Å². The molecule has 1 aromatic heterocycles. The molecule has 30 heavy (non-hydrogen) atoms. The van der Waals surface area contributed by atoms with Gasteiger partial charge in [-0.3, -0.25) is 9.59 Å². The molecule has 3 rings (SSSR count). The number of hydrogen-bond donors (Lipinski definition) is 2. The molecule has 160 valence electrons. The molecule has 2 heterocycles. The van der Waals surface area contributed by atoms with Gasteiger partial charge in [-0.15, -0.1) is 0 Å². The molecule has 1 aromatic carbocycles. The van der Waals surface area contributed by atoms with Crippen LogP contribution in [0, 0.1) is 0 Å². The predicted octanol–water partition coefficient (Wildman–Crippen LogP) is 2.10. The molecule has 0 radical (unpaired) electrons. The number of alkyl halides is 3. The van der Waals surface area contributed by atoms with Gasteiger partial charge in [0.2, 0.25) is 0 Å². The van der Waals surface area contributed by atoms with Crippen molar-refractivity contribution in [2.24, 2.45) is 0 Å². The summed E-state index contributed by atoms with van der Waals surface area (Å²) in [6.07, 6.45) is -2.84. The molecule has 0 saturated carbocycles. The van der Waals surface area contributed by atoms with Crippen LogP contribution in [0.2, 0.25) is 0 Å². The number of nitrogens with zero attached hydrogens (tertiary/aromatic N) is 2. The van der Waals surface area contributed by atoms with Gasteiger partial charge in [0.25, 0.3) is 11.8 Å². The van der Waals surface area contributed by atoms with Gasteiger partial charge in [0.05, 0.1) is 24.3 Å². The van der Waals surface area contributed by atoms with Crippen LogP contribution in [0.4, 0.5) is 19.0 Å². The number of hydrogen-bond acceptors (Lipinski definition) is 5. The maximum Gasteiger partial charge on any atom is 0.416 e. The number of ether oxygens (including phenoxy) is 1. The first kappa shape index (κ1) is 21.6. The molecular weight excluding hydrogens is 401 g/mol. The molecule has 2 N–H and O–H groups in total. The second-order valence-electron chi connectivity index (χ2n) is 6.56. The van der Waals surface area contributed by atoms with Gasteiger partial charge in [0.15, 0.2) is 0 Å². The molecule has 10 heteroatoms. The highest BCUT2D eigenvalue weighted by Gasteiger charge is 2.30. The van der Waals surface area contributed by atoms with E-state index in [1.807, 2.05) is 4.90 Å². The largest absolute Gasteiger partial charge is 0.416 e. The topological polar surface area (TPSA) is 83.6 Å². The fourth-order valence-electron chi connectivity index (χ4n) is 2.96. The van der Waals surface area contributed by atoms with Crippen molar-refractivity contribution in [2.45, 2.75) is 6.18 Å². The maximum atomic E-state index is 12.6. The second-order valence-corrected chi connectivity index (χ2v) is 6.56. The lowest BCUT2D eigenvalue weighted by atomic mass is 10.1. The lowest BCUT2D eigenvalue weighted by Gasteiger charge is -2.29. The minimum Gasteiger partial charge on any atom is -0.378 e. The van der Waals surface area contributed by atoms with Crippen LogP contribution in [0.15, 0.2) is 42.6 Å². The Morgan fingerprint density at radius 3 is 2.27 bits per heavy atom. The van der Waals surface area contributed by atoms with E-state index in [0.717, 1.165) is 24.3 Å². The fourth-order valence-corrected chi connectivity index (χ4v) is 2.96. The quantitative estimate of drug-likeness (QED) is 0.697. The number of rotatable bonds is 6. The van der Waals surface area contributed by atoms with E-state index >= 15 is 0 Å². The number of anilines is 1. The highest BCUT2D eigenvalue weighted by molar-refractivity contribution is 5.99. The third-order valence-electron chi connectivity index (χ3n) is 4.51. The van der Waals surface area contributed by atoms with Crippen LogP contribution < -0.4 is 15.5 Å².